The molecule has 144 valence electrons. The Morgan fingerprint density at radius 3 is 2.65 bits per heavy atom. The smallest absolute Gasteiger partial charge is 0.322 e. The summed E-state index contributed by atoms with van der Waals surface area (Å²) in [5.41, 5.74) is 0.0232. The van der Waals surface area contributed by atoms with Gasteiger partial charge in [-0.2, -0.15) is 0 Å². The van der Waals surface area contributed by atoms with Gasteiger partial charge in [-0.05, 0) is 32.6 Å². The summed E-state index contributed by atoms with van der Waals surface area (Å²) < 4.78 is 5.20. The Balaban J connectivity index is 0.00000243. The number of amides is 3. The maximum Gasteiger partial charge on any atom is 0.322 e. The molecule has 1 unspecified atom stereocenters. The zero-order valence-corrected chi connectivity index (χ0v) is 17.5. The molecule has 0 bridgehead atoms. The Morgan fingerprint density at radius 1 is 1.46 bits per heavy atom. The van der Waals surface area contributed by atoms with E-state index in [4.69, 9.17) is 4.52 Å². The quantitative estimate of drug-likeness (QED) is 0.260. The molecule has 0 radical (unpaired) electrons. The van der Waals surface area contributed by atoms with Gasteiger partial charge in [0.05, 0.1) is 12.2 Å². The molecule has 2 aliphatic heterocycles. The van der Waals surface area contributed by atoms with E-state index < -0.39 is 11.6 Å². The van der Waals surface area contributed by atoms with Crippen molar-refractivity contribution < 1.29 is 14.1 Å². The molecule has 10 heteroatoms. The topological polar surface area (TPSA) is 112 Å². The fraction of sp³-hybridized carbons (Fsp3) is 0.625. The number of nitrogens with one attached hydrogen (secondary N) is 3. The third kappa shape index (κ3) is 4.10. The van der Waals surface area contributed by atoms with E-state index in [9.17, 15) is 9.59 Å². The number of carbonyl (C=O) groups is 2. The predicted octanol–water partition coefficient (Wildman–Crippen LogP) is 0.987. The molecule has 1 atom stereocenters. The zero-order valence-electron chi connectivity index (χ0n) is 15.2. The number of aliphatic imine (C=N–C) groups is 1. The van der Waals surface area contributed by atoms with Gasteiger partial charge in [0.1, 0.15) is 5.54 Å². The number of carbonyl (C=O) groups excluding carboxylic acids is 2. The highest BCUT2D eigenvalue weighted by molar-refractivity contribution is 14.0. The maximum absolute atomic E-state index is 12.1. The lowest BCUT2D eigenvalue weighted by Crippen LogP contribution is -2.55. The number of hydrogen-bond acceptors (Lipinski definition) is 5. The van der Waals surface area contributed by atoms with Crippen molar-refractivity contribution in [1.82, 2.24) is 26.0 Å². The molecule has 3 amide bonds. The van der Waals surface area contributed by atoms with Crippen LogP contribution in [0.15, 0.2) is 15.6 Å². The Labute approximate surface area is 169 Å². The van der Waals surface area contributed by atoms with E-state index in [1.807, 2.05) is 13.0 Å². The molecule has 0 spiro atoms. The van der Waals surface area contributed by atoms with Crippen LogP contribution in [0, 0.1) is 12.8 Å². The second-order valence-electron chi connectivity index (χ2n) is 6.71. The fourth-order valence-electron chi connectivity index (χ4n) is 3.51. The SMILES string of the molecule is CN=C(NCc1cc(C)no1)N1CCC(C2(C)NC(=O)NC2=O)CC1.I. The molecule has 3 rings (SSSR count). The van der Waals surface area contributed by atoms with Crippen LogP contribution in [-0.4, -0.2) is 53.6 Å². The monoisotopic (exact) mass is 476 g/mol. The number of aryl methyl sites for hydroxylation is 1. The molecular formula is C16H25IN6O3. The van der Waals surface area contributed by atoms with E-state index in [0.29, 0.717) is 6.54 Å². The second kappa shape index (κ2) is 8.23. The molecule has 1 aromatic rings. The van der Waals surface area contributed by atoms with Gasteiger partial charge in [0.15, 0.2) is 11.7 Å². The largest absolute Gasteiger partial charge is 0.359 e. The summed E-state index contributed by atoms with van der Waals surface area (Å²) in [6, 6.07) is 1.48. The second-order valence-corrected chi connectivity index (χ2v) is 6.71. The first kappa shape index (κ1) is 20.5. The van der Waals surface area contributed by atoms with Gasteiger partial charge < -0.3 is 20.1 Å². The number of nitrogens with zero attached hydrogens (tertiary/aromatic N) is 3. The van der Waals surface area contributed by atoms with Gasteiger partial charge in [-0.25, -0.2) is 4.79 Å². The van der Waals surface area contributed by atoms with E-state index in [1.54, 1.807) is 14.0 Å². The minimum absolute atomic E-state index is 0. The number of rotatable bonds is 3. The van der Waals surface area contributed by atoms with Gasteiger partial charge in [-0.3, -0.25) is 15.1 Å². The van der Waals surface area contributed by atoms with Gasteiger partial charge in [0.2, 0.25) is 0 Å². The van der Waals surface area contributed by atoms with E-state index in [2.05, 4.69) is 31.0 Å². The van der Waals surface area contributed by atoms with Crippen molar-refractivity contribution in [3.8, 4) is 0 Å². The number of aromatic nitrogens is 1. The van der Waals surface area contributed by atoms with Crippen molar-refractivity contribution in [2.45, 2.75) is 38.8 Å². The molecule has 9 nitrogen and oxygen atoms in total. The summed E-state index contributed by atoms with van der Waals surface area (Å²) in [5.74, 6) is 1.41. The number of likely N-dealkylation sites (tertiary alicyclic amines) is 1. The molecule has 2 aliphatic rings. The van der Waals surface area contributed by atoms with Gasteiger partial charge in [-0.15, -0.1) is 24.0 Å². The van der Waals surface area contributed by atoms with Crippen LogP contribution in [0.2, 0.25) is 0 Å². The Kier molecular flexibility index (Phi) is 6.48. The number of hydrogen-bond donors (Lipinski definition) is 3. The molecule has 0 aliphatic carbocycles. The molecule has 1 aromatic heterocycles. The van der Waals surface area contributed by atoms with Crippen molar-refractivity contribution in [2.24, 2.45) is 10.9 Å². The van der Waals surface area contributed by atoms with E-state index >= 15 is 0 Å². The average molecular weight is 476 g/mol. The van der Waals surface area contributed by atoms with Gasteiger partial charge in [0, 0.05) is 26.2 Å². The number of halogens is 1. The van der Waals surface area contributed by atoms with Gasteiger partial charge in [0.25, 0.3) is 5.91 Å². The molecule has 0 saturated carbocycles. The van der Waals surface area contributed by atoms with Gasteiger partial charge >= 0.3 is 6.03 Å². The van der Waals surface area contributed by atoms with Crippen molar-refractivity contribution in [1.29, 1.82) is 0 Å². The van der Waals surface area contributed by atoms with Crippen LogP contribution in [0.25, 0.3) is 0 Å². The van der Waals surface area contributed by atoms with Crippen molar-refractivity contribution in [2.75, 3.05) is 20.1 Å². The lowest BCUT2D eigenvalue weighted by atomic mass is 9.79. The molecule has 2 saturated heterocycles. The molecule has 3 heterocycles. The van der Waals surface area contributed by atoms with Crippen LogP contribution < -0.4 is 16.0 Å². The van der Waals surface area contributed by atoms with E-state index in [0.717, 1.165) is 43.3 Å². The van der Waals surface area contributed by atoms with E-state index in [1.165, 1.54) is 0 Å². The molecule has 3 N–H and O–H groups in total. The minimum Gasteiger partial charge on any atom is -0.359 e. The summed E-state index contributed by atoms with van der Waals surface area (Å²) in [5, 5.41) is 12.2. The Morgan fingerprint density at radius 2 is 2.15 bits per heavy atom. The third-order valence-electron chi connectivity index (χ3n) is 4.99. The van der Waals surface area contributed by atoms with Crippen LogP contribution in [0.5, 0.6) is 0 Å². The van der Waals surface area contributed by atoms with Gasteiger partial charge in [-0.1, -0.05) is 5.16 Å². The molecule has 2 fully saturated rings. The molecular weight excluding hydrogens is 451 g/mol. The van der Waals surface area contributed by atoms with Crippen molar-refractivity contribution >= 4 is 41.9 Å². The lowest BCUT2D eigenvalue weighted by Gasteiger charge is -2.39. The summed E-state index contributed by atoms with van der Waals surface area (Å²) in [4.78, 5) is 30.0. The Hall–Kier alpha value is -1.85. The van der Waals surface area contributed by atoms with Crippen LogP contribution in [0.3, 0.4) is 0 Å². The summed E-state index contributed by atoms with van der Waals surface area (Å²) in [6.45, 7) is 5.72. The number of imide groups is 1. The lowest BCUT2D eigenvalue weighted by molar-refractivity contribution is -0.125. The Bertz CT molecular complexity index is 698. The highest BCUT2D eigenvalue weighted by atomic mass is 127. The number of urea groups is 1. The molecule has 26 heavy (non-hydrogen) atoms. The zero-order chi connectivity index (χ0) is 18.0. The van der Waals surface area contributed by atoms with Crippen LogP contribution in [-0.2, 0) is 11.3 Å². The first-order valence-electron chi connectivity index (χ1n) is 8.44. The van der Waals surface area contributed by atoms with E-state index in [-0.39, 0.29) is 35.8 Å². The van der Waals surface area contributed by atoms with Crippen molar-refractivity contribution in [3.05, 3.63) is 17.5 Å². The molecule has 0 aromatic carbocycles. The first-order chi connectivity index (χ1) is 11.9. The highest BCUT2D eigenvalue weighted by Gasteiger charge is 2.48. The predicted molar refractivity (Wildman–Crippen MR) is 106 cm³/mol. The number of guanidine groups is 1. The summed E-state index contributed by atoms with van der Waals surface area (Å²) in [6.07, 6.45) is 1.60. The van der Waals surface area contributed by atoms with Crippen molar-refractivity contribution in [3.63, 3.8) is 0 Å². The van der Waals surface area contributed by atoms with Crippen LogP contribution in [0.4, 0.5) is 4.79 Å². The normalized spacial score (nSPS) is 24.1. The first-order valence-corrected chi connectivity index (χ1v) is 8.44. The summed E-state index contributed by atoms with van der Waals surface area (Å²) in [7, 11) is 1.74. The minimum atomic E-state index is -0.822. The maximum atomic E-state index is 12.1. The fourth-order valence-corrected chi connectivity index (χ4v) is 3.51. The summed E-state index contributed by atoms with van der Waals surface area (Å²) >= 11 is 0. The average Bonchev–Trinajstić information content (AvgIpc) is 3.12. The highest BCUT2D eigenvalue weighted by Crippen LogP contribution is 2.30. The van der Waals surface area contributed by atoms with Crippen LogP contribution >= 0.6 is 24.0 Å². The number of piperidine rings is 1. The standard InChI is InChI=1S/C16H24N6O3.HI/c1-10-8-12(25-21-10)9-18-14(17-3)22-6-4-11(5-7-22)16(2)13(23)19-15(24)20-16;/h8,11H,4-7,9H2,1-3H3,(H,17,18)(H2,19,20,23,24);1H. The van der Waals surface area contributed by atoms with Crippen LogP contribution in [0.1, 0.15) is 31.2 Å². The third-order valence-corrected chi connectivity index (χ3v) is 4.99.